The molecule has 21 heavy (non-hydrogen) atoms. The minimum Gasteiger partial charge on any atom is -0.467 e. The minimum absolute atomic E-state index is 0.190. The van der Waals surface area contributed by atoms with Gasteiger partial charge in [0.1, 0.15) is 12.0 Å². The van der Waals surface area contributed by atoms with Gasteiger partial charge in [0.2, 0.25) is 6.79 Å². The first kappa shape index (κ1) is 13.6. The molecule has 0 atom stereocenters. The van der Waals surface area contributed by atoms with Crippen LogP contribution in [-0.4, -0.2) is 19.9 Å². The number of carbonyl (C=O) groups excluding carboxylic acids is 1. The van der Waals surface area contributed by atoms with Crippen molar-refractivity contribution in [1.29, 1.82) is 0 Å². The van der Waals surface area contributed by atoms with Crippen LogP contribution in [0.3, 0.4) is 0 Å². The van der Waals surface area contributed by atoms with Crippen LogP contribution in [-0.2, 0) is 11.3 Å². The number of methoxy groups -OCH3 is 1. The molecule has 0 spiro atoms. The molecule has 110 valence electrons. The summed E-state index contributed by atoms with van der Waals surface area (Å²) in [5.41, 5.74) is 1.06. The number of furan rings is 1. The first-order chi connectivity index (χ1) is 10.2. The number of esters is 1. The Morgan fingerprint density at radius 3 is 2.86 bits per heavy atom. The molecule has 0 amide bonds. The number of hydrogen-bond donors (Lipinski definition) is 1. The smallest absolute Gasteiger partial charge is 0.341 e. The maximum absolute atomic E-state index is 11.3. The van der Waals surface area contributed by atoms with Crippen LogP contribution in [0, 0.1) is 0 Å². The van der Waals surface area contributed by atoms with Gasteiger partial charge in [0.25, 0.3) is 0 Å². The van der Waals surface area contributed by atoms with Crippen LogP contribution >= 0.6 is 11.6 Å². The van der Waals surface area contributed by atoms with Crippen LogP contribution in [0.4, 0.5) is 5.69 Å². The zero-order valence-electron chi connectivity index (χ0n) is 11.1. The van der Waals surface area contributed by atoms with Gasteiger partial charge in [0.05, 0.1) is 29.9 Å². The number of hydrogen-bond acceptors (Lipinski definition) is 6. The maximum atomic E-state index is 11.3. The van der Waals surface area contributed by atoms with E-state index in [1.165, 1.54) is 13.4 Å². The number of halogens is 1. The second-order valence-corrected chi connectivity index (χ2v) is 4.74. The second kappa shape index (κ2) is 5.57. The zero-order valence-corrected chi connectivity index (χ0v) is 11.9. The summed E-state index contributed by atoms with van der Waals surface area (Å²) in [6.07, 6.45) is 1.35. The molecule has 2 heterocycles. The lowest BCUT2D eigenvalue weighted by molar-refractivity contribution is 0.0600. The zero-order chi connectivity index (χ0) is 14.8. The number of nitrogens with one attached hydrogen (secondary N) is 1. The van der Waals surface area contributed by atoms with Crippen molar-refractivity contribution in [2.24, 2.45) is 0 Å². The summed E-state index contributed by atoms with van der Waals surface area (Å²) in [7, 11) is 1.32. The van der Waals surface area contributed by atoms with Crippen molar-refractivity contribution >= 4 is 23.3 Å². The normalized spacial score (nSPS) is 12.3. The maximum Gasteiger partial charge on any atom is 0.341 e. The highest BCUT2D eigenvalue weighted by molar-refractivity contribution is 6.33. The van der Waals surface area contributed by atoms with E-state index in [0.717, 1.165) is 0 Å². The van der Waals surface area contributed by atoms with Gasteiger partial charge in [-0.1, -0.05) is 11.6 Å². The Bertz CT molecular complexity index is 682. The molecule has 1 aliphatic rings. The lowest BCUT2D eigenvalue weighted by Gasteiger charge is -2.08. The van der Waals surface area contributed by atoms with E-state index in [0.29, 0.717) is 40.1 Å². The fourth-order valence-electron chi connectivity index (χ4n) is 1.93. The number of ether oxygens (including phenoxy) is 3. The molecule has 0 aliphatic carbocycles. The Balaban J connectivity index is 1.70. The Morgan fingerprint density at radius 1 is 1.33 bits per heavy atom. The standard InChI is InChI=1S/C14H12ClNO5/c1-18-14(17)8-2-9(19-6-8)5-16-11-4-13-12(3-10(11)15)20-7-21-13/h2-4,6,16H,5,7H2,1H3. The number of fused-ring (bicyclic) bond motifs is 1. The Kier molecular flexibility index (Phi) is 3.62. The van der Waals surface area contributed by atoms with Gasteiger partial charge in [-0.25, -0.2) is 4.79 Å². The third-order valence-electron chi connectivity index (χ3n) is 2.99. The van der Waals surface area contributed by atoms with Crippen LogP contribution < -0.4 is 14.8 Å². The Morgan fingerprint density at radius 2 is 2.10 bits per heavy atom. The summed E-state index contributed by atoms with van der Waals surface area (Å²) in [5, 5.41) is 3.63. The van der Waals surface area contributed by atoms with E-state index in [-0.39, 0.29) is 6.79 Å². The van der Waals surface area contributed by atoms with Crippen molar-refractivity contribution in [3.05, 3.63) is 40.8 Å². The van der Waals surface area contributed by atoms with E-state index in [4.69, 9.17) is 25.5 Å². The van der Waals surface area contributed by atoms with Gasteiger partial charge >= 0.3 is 5.97 Å². The van der Waals surface area contributed by atoms with Crippen molar-refractivity contribution in [2.75, 3.05) is 19.2 Å². The summed E-state index contributed by atoms with van der Waals surface area (Å²) in [6.45, 7) is 0.562. The van der Waals surface area contributed by atoms with E-state index < -0.39 is 5.97 Å². The van der Waals surface area contributed by atoms with Gasteiger partial charge < -0.3 is 23.9 Å². The van der Waals surface area contributed by atoms with E-state index in [1.807, 2.05) is 0 Å². The third kappa shape index (κ3) is 2.75. The quantitative estimate of drug-likeness (QED) is 0.875. The van der Waals surface area contributed by atoms with E-state index in [9.17, 15) is 4.79 Å². The average Bonchev–Trinajstić information content (AvgIpc) is 3.12. The lowest BCUT2D eigenvalue weighted by atomic mass is 10.2. The summed E-state index contributed by atoms with van der Waals surface area (Å²) < 4.78 is 20.4. The van der Waals surface area contributed by atoms with E-state index >= 15 is 0 Å². The molecule has 1 aliphatic heterocycles. The number of anilines is 1. The highest BCUT2D eigenvalue weighted by atomic mass is 35.5. The molecule has 0 saturated heterocycles. The lowest BCUT2D eigenvalue weighted by Crippen LogP contribution is -2.00. The predicted molar refractivity (Wildman–Crippen MR) is 74.9 cm³/mol. The predicted octanol–water partition coefficient (Wildman–Crippen LogP) is 3.06. The molecule has 6 nitrogen and oxygen atoms in total. The largest absolute Gasteiger partial charge is 0.467 e. The summed E-state index contributed by atoms with van der Waals surface area (Å²) >= 11 is 6.15. The highest BCUT2D eigenvalue weighted by Gasteiger charge is 2.17. The fourth-order valence-corrected chi connectivity index (χ4v) is 2.15. The number of rotatable bonds is 4. The Labute approximate surface area is 125 Å². The van der Waals surface area contributed by atoms with Gasteiger partial charge in [-0.05, 0) is 6.07 Å². The molecule has 0 unspecified atom stereocenters. The van der Waals surface area contributed by atoms with Crippen LogP contribution in [0.2, 0.25) is 5.02 Å². The summed E-state index contributed by atoms with van der Waals surface area (Å²) in [4.78, 5) is 11.3. The molecule has 0 saturated carbocycles. The van der Waals surface area contributed by atoms with Gasteiger partial charge in [-0.3, -0.25) is 0 Å². The van der Waals surface area contributed by atoms with Crippen molar-refractivity contribution in [3.8, 4) is 11.5 Å². The first-order valence-electron chi connectivity index (χ1n) is 6.16. The minimum atomic E-state index is -0.439. The van der Waals surface area contributed by atoms with Gasteiger partial charge in [-0.15, -0.1) is 0 Å². The number of carbonyl (C=O) groups is 1. The molecule has 0 fully saturated rings. The van der Waals surface area contributed by atoms with E-state index in [2.05, 4.69) is 10.1 Å². The van der Waals surface area contributed by atoms with Gasteiger partial charge in [0.15, 0.2) is 11.5 Å². The van der Waals surface area contributed by atoms with E-state index in [1.54, 1.807) is 18.2 Å². The monoisotopic (exact) mass is 309 g/mol. The molecule has 1 aromatic heterocycles. The SMILES string of the molecule is COC(=O)c1coc(CNc2cc3c(cc2Cl)OCO3)c1. The highest BCUT2D eigenvalue weighted by Crippen LogP contribution is 2.39. The molecule has 3 rings (SSSR count). The molecular formula is C14H12ClNO5. The van der Waals surface area contributed by atoms with Crippen molar-refractivity contribution in [3.63, 3.8) is 0 Å². The van der Waals surface area contributed by atoms with Crippen LogP contribution in [0.15, 0.2) is 28.9 Å². The van der Waals surface area contributed by atoms with Gasteiger partial charge in [-0.2, -0.15) is 0 Å². The summed E-state index contributed by atoms with van der Waals surface area (Å²) in [6, 6.07) is 5.06. The van der Waals surface area contributed by atoms with Crippen LogP contribution in [0.25, 0.3) is 0 Å². The van der Waals surface area contributed by atoms with Crippen molar-refractivity contribution in [2.45, 2.75) is 6.54 Å². The molecule has 1 N–H and O–H groups in total. The first-order valence-corrected chi connectivity index (χ1v) is 6.54. The van der Waals surface area contributed by atoms with Crippen molar-refractivity contribution in [1.82, 2.24) is 0 Å². The number of benzene rings is 1. The molecule has 1 aromatic carbocycles. The average molecular weight is 310 g/mol. The molecular weight excluding hydrogens is 298 g/mol. The summed E-state index contributed by atoms with van der Waals surface area (Å²) in [5.74, 6) is 1.41. The second-order valence-electron chi connectivity index (χ2n) is 4.33. The third-order valence-corrected chi connectivity index (χ3v) is 3.30. The fraction of sp³-hybridized carbons (Fsp3) is 0.214. The molecule has 0 radical (unpaired) electrons. The van der Waals surface area contributed by atoms with Gasteiger partial charge in [0, 0.05) is 12.1 Å². The van der Waals surface area contributed by atoms with Crippen LogP contribution in [0.1, 0.15) is 16.1 Å². The molecule has 0 bridgehead atoms. The Hall–Kier alpha value is -2.34. The topological polar surface area (TPSA) is 69.9 Å². The molecule has 7 heteroatoms. The molecule has 2 aromatic rings. The van der Waals surface area contributed by atoms with Crippen LogP contribution in [0.5, 0.6) is 11.5 Å². The van der Waals surface area contributed by atoms with Crippen molar-refractivity contribution < 1.29 is 23.4 Å².